The second-order valence-electron chi connectivity index (χ2n) is 7.76. The lowest BCUT2D eigenvalue weighted by molar-refractivity contribution is -0.118. The van der Waals surface area contributed by atoms with Gasteiger partial charge in [-0.15, -0.1) is 0 Å². The molecule has 158 valence electrons. The molecule has 4 aromatic rings. The maximum absolute atomic E-state index is 13.3. The van der Waals surface area contributed by atoms with Gasteiger partial charge in [-0.25, -0.2) is 0 Å². The summed E-state index contributed by atoms with van der Waals surface area (Å²) in [7, 11) is 0. The predicted octanol–water partition coefficient (Wildman–Crippen LogP) is 5.53. The zero-order valence-electron chi connectivity index (χ0n) is 17.3. The molecule has 32 heavy (non-hydrogen) atoms. The minimum atomic E-state index is -0.827. The number of aliphatic hydroxyl groups is 1. The lowest BCUT2D eigenvalue weighted by atomic mass is 9.96. The maximum Gasteiger partial charge on any atom is 0.294 e. The van der Waals surface area contributed by atoms with Crippen LogP contribution in [0, 0.1) is 0 Å². The van der Waals surface area contributed by atoms with E-state index in [1.165, 1.54) is 11.2 Å². The molecule has 5 rings (SSSR count). The molecule has 3 aromatic carbocycles. The zero-order valence-corrected chi connectivity index (χ0v) is 17.3. The quantitative estimate of drug-likeness (QED) is 0.442. The fourth-order valence-electron chi connectivity index (χ4n) is 4.31. The van der Waals surface area contributed by atoms with E-state index < -0.39 is 17.7 Å². The number of fused-ring (bicyclic) bond motifs is 1. The number of ketones is 1. The fourth-order valence-corrected chi connectivity index (χ4v) is 4.31. The highest BCUT2D eigenvalue weighted by Crippen LogP contribution is 2.43. The number of anilines is 1. The summed E-state index contributed by atoms with van der Waals surface area (Å²) in [5, 5.41) is 12.6. The van der Waals surface area contributed by atoms with E-state index in [1.807, 2.05) is 72.8 Å². The third-order valence-electron chi connectivity index (χ3n) is 5.83. The molecule has 1 unspecified atom stereocenters. The van der Waals surface area contributed by atoms with Gasteiger partial charge in [0.15, 0.2) is 11.5 Å². The summed E-state index contributed by atoms with van der Waals surface area (Å²) in [4.78, 5) is 28.0. The molecule has 0 fully saturated rings. The Kier molecular flexibility index (Phi) is 5.07. The van der Waals surface area contributed by atoms with Gasteiger partial charge in [-0.05, 0) is 35.6 Å². The molecule has 1 aliphatic rings. The number of benzene rings is 3. The summed E-state index contributed by atoms with van der Waals surface area (Å²) in [5.74, 6) is -0.967. The molecule has 1 amide bonds. The zero-order chi connectivity index (χ0) is 22.1. The fraction of sp³-hybridized carbons (Fsp3) is 0.111. The number of carbonyl (C=O) groups is 2. The van der Waals surface area contributed by atoms with Gasteiger partial charge >= 0.3 is 0 Å². The molecule has 1 N–H and O–H groups in total. The number of Topliss-reactive ketones (excluding diaryl/α,β-unsaturated/α-hetero) is 1. The highest BCUT2D eigenvalue weighted by Gasteiger charge is 2.45. The molecule has 5 heteroatoms. The number of hydrogen-bond donors (Lipinski definition) is 1. The molecule has 0 spiro atoms. The van der Waals surface area contributed by atoms with E-state index in [-0.39, 0.29) is 17.8 Å². The summed E-state index contributed by atoms with van der Waals surface area (Å²) in [6.07, 6.45) is 2.20. The van der Waals surface area contributed by atoms with Gasteiger partial charge in [-0.3, -0.25) is 14.5 Å². The number of hydrogen-bond acceptors (Lipinski definition) is 4. The Labute approximate surface area is 185 Å². The van der Waals surface area contributed by atoms with Crippen molar-refractivity contribution in [3.8, 4) is 0 Å². The van der Waals surface area contributed by atoms with Crippen LogP contribution in [0.4, 0.5) is 5.69 Å². The Balaban J connectivity index is 1.56. The number of carbonyl (C=O) groups excluding carboxylic acids is 2. The van der Waals surface area contributed by atoms with Crippen LogP contribution in [-0.4, -0.2) is 16.8 Å². The molecule has 0 saturated heterocycles. The van der Waals surface area contributed by atoms with Gasteiger partial charge in [0, 0.05) is 11.8 Å². The largest absolute Gasteiger partial charge is 0.503 e. The molecule has 1 aliphatic heterocycles. The number of aliphatic hydroxyl groups excluding tert-OH is 1. The summed E-state index contributed by atoms with van der Waals surface area (Å²) >= 11 is 0. The topological polar surface area (TPSA) is 70.8 Å². The molecule has 0 radical (unpaired) electrons. The molecular weight excluding hydrogens is 402 g/mol. The van der Waals surface area contributed by atoms with Crippen molar-refractivity contribution in [2.75, 3.05) is 4.90 Å². The van der Waals surface area contributed by atoms with Crippen LogP contribution in [0.3, 0.4) is 0 Å². The second kappa shape index (κ2) is 8.19. The predicted molar refractivity (Wildman–Crippen MR) is 122 cm³/mol. The van der Waals surface area contributed by atoms with E-state index in [4.69, 9.17) is 4.42 Å². The van der Waals surface area contributed by atoms with E-state index in [9.17, 15) is 14.7 Å². The minimum absolute atomic E-state index is 0.0776. The first kappa shape index (κ1) is 19.8. The van der Waals surface area contributed by atoms with Crippen molar-refractivity contribution >= 4 is 28.2 Å². The van der Waals surface area contributed by atoms with Crippen molar-refractivity contribution < 1.29 is 19.1 Å². The summed E-state index contributed by atoms with van der Waals surface area (Å²) in [5.41, 5.74) is 1.71. The summed E-state index contributed by atoms with van der Waals surface area (Å²) in [6.45, 7) is 0. The van der Waals surface area contributed by atoms with Crippen molar-refractivity contribution in [3.63, 3.8) is 0 Å². The Bertz CT molecular complexity index is 1320. The van der Waals surface area contributed by atoms with Gasteiger partial charge in [0.05, 0.1) is 17.5 Å². The van der Waals surface area contributed by atoms with Crippen molar-refractivity contribution in [1.29, 1.82) is 0 Å². The number of amides is 1. The van der Waals surface area contributed by atoms with Crippen LogP contribution in [0.15, 0.2) is 107 Å². The first-order valence-electron chi connectivity index (χ1n) is 10.5. The van der Waals surface area contributed by atoms with Gasteiger partial charge in [-0.1, -0.05) is 66.7 Å². The Hall–Kier alpha value is -4.12. The third-order valence-corrected chi connectivity index (χ3v) is 5.83. The van der Waals surface area contributed by atoms with Gasteiger partial charge in [0.25, 0.3) is 5.91 Å². The molecule has 5 nitrogen and oxygen atoms in total. The number of rotatable bonds is 6. The van der Waals surface area contributed by atoms with Crippen LogP contribution in [0.2, 0.25) is 0 Å². The summed E-state index contributed by atoms with van der Waals surface area (Å²) < 4.78 is 5.63. The lowest BCUT2D eigenvalue weighted by Crippen LogP contribution is -2.31. The van der Waals surface area contributed by atoms with Crippen LogP contribution >= 0.6 is 0 Å². The first-order chi connectivity index (χ1) is 15.6. The van der Waals surface area contributed by atoms with Crippen LogP contribution in [0.5, 0.6) is 0 Å². The molecular formula is C27H21NO4. The molecule has 0 bridgehead atoms. The highest BCUT2D eigenvalue weighted by atomic mass is 16.3. The molecule has 1 aromatic heterocycles. The van der Waals surface area contributed by atoms with Crippen molar-refractivity contribution in [2.24, 2.45) is 0 Å². The minimum Gasteiger partial charge on any atom is -0.503 e. The summed E-state index contributed by atoms with van der Waals surface area (Å²) in [6, 6.07) is 25.6. The molecule has 2 heterocycles. The van der Waals surface area contributed by atoms with E-state index in [1.54, 1.807) is 12.1 Å². The average Bonchev–Trinajstić information content (AvgIpc) is 3.45. The van der Waals surface area contributed by atoms with Crippen molar-refractivity contribution in [1.82, 2.24) is 0 Å². The first-order valence-corrected chi connectivity index (χ1v) is 10.5. The van der Waals surface area contributed by atoms with Gasteiger partial charge in [0.2, 0.25) is 0 Å². The SMILES string of the molecule is O=C(CCc1ccccc1)C1=C(O)C(=O)N(c2cccc3ccccc23)C1c1ccco1. The van der Waals surface area contributed by atoms with Crippen LogP contribution in [-0.2, 0) is 16.0 Å². The van der Waals surface area contributed by atoms with Gasteiger partial charge < -0.3 is 9.52 Å². The maximum atomic E-state index is 13.3. The number of nitrogens with zero attached hydrogens (tertiary/aromatic N) is 1. The van der Waals surface area contributed by atoms with E-state index in [0.29, 0.717) is 17.9 Å². The number of furan rings is 1. The van der Waals surface area contributed by atoms with Crippen molar-refractivity contribution in [2.45, 2.75) is 18.9 Å². The Morgan fingerprint density at radius 1 is 0.906 bits per heavy atom. The second-order valence-corrected chi connectivity index (χ2v) is 7.76. The number of aryl methyl sites for hydroxylation is 1. The average molecular weight is 423 g/mol. The normalized spacial score (nSPS) is 16.2. The van der Waals surface area contributed by atoms with Crippen LogP contribution in [0.25, 0.3) is 10.8 Å². The van der Waals surface area contributed by atoms with Crippen LogP contribution < -0.4 is 4.90 Å². The highest BCUT2D eigenvalue weighted by molar-refractivity contribution is 6.18. The molecule has 1 atom stereocenters. The van der Waals surface area contributed by atoms with Crippen LogP contribution in [0.1, 0.15) is 23.8 Å². The smallest absolute Gasteiger partial charge is 0.294 e. The monoisotopic (exact) mass is 423 g/mol. The third kappa shape index (κ3) is 3.38. The molecule has 0 aliphatic carbocycles. The lowest BCUT2D eigenvalue weighted by Gasteiger charge is -2.26. The van der Waals surface area contributed by atoms with Gasteiger partial charge in [-0.2, -0.15) is 0 Å². The van der Waals surface area contributed by atoms with Gasteiger partial charge in [0.1, 0.15) is 11.8 Å². The Morgan fingerprint density at radius 2 is 1.66 bits per heavy atom. The Morgan fingerprint density at radius 3 is 2.44 bits per heavy atom. The van der Waals surface area contributed by atoms with E-state index >= 15 is 0 Å². The standard InChI is InChI=1S/C27H21NO4/c29-22(16-15-18-8-2-1-3-9-18)24-25(23-14-7-17-32-23)28(27(31)26(24)30)21-13-6-11-19-10-4-5-12-20(19)21/h1-14,17,25,30H,15-16H2. The van der Waals surface area contributed by atoms with Crippen molar-refractivity contribution in [3.05, 3.63) is 114 Å². The molecule has 0 saturated carbocycles. The van der Waals surface area contributed by atoms with E-state index in [0.717, 1.165) is 16.3 Å². The van der Waals surface area contributed by atoms with E-state index in [2.05, 4.69) is 0 Å².